The highest BCUT2D eigenvalue weighted by molar-refractivity contribution is 6.02. The minimum atomic E-state index is -0.619. The summed E-state index contributed by atoms with van der Waals surface area (Å²) < 4.78 is 7.22. The minimum absolute atomic E-state index is 0.619. The van der Waals surface area contributed by atoms with Crippen LogP contribution in [0, 0.1) is 0 Å². The summed E-state index contributed by atoms with van der Waals surface area (Å²) in [5, 5.41) is 6.97. The highest BCUT2D eigenvalue weighted by atomic mass is 16.5. The molecule has 2 aliphatic rings. The van der Waals surface area contributed by atoms with Gasteiger partial charge in [-0.25, -0.2) is 0 Å². The van der Waals surface area contributed by atoms with Crippen LogP contribution in [0.2, 0.25) is 0 Å². The molecule has 13 rings (SSSR count). The first-order valence-electron chi connectivity index (χ1n) is 21.7. The molecule has 0 N–H and O–H groups in total. The SMILES string of the molecule is c1ccc(-c2ccc(N(c3cccc(-c4ccc5c(c4)C4(c6ccccc6-5)c5ccc6ccccc6c5Oc5c4ccc4ccccc54)c3)c3cccc4ccccc34)cc2)cc1. The van der Waals surface area contributed by atoms with Crippen LogP contribution in [0.25, 0.3) is 65.7 Å². The average Bonchev–Trinajstić information content (AvgIpc) is 3.64. The topological polar surface area (TPSA) is 12.5 Å². The molecule has 0 bridgehead atoms. The molecular weight excluding hydrogens is 763 g/mol. The molecule has 0 atom stereocenters. The van der Waals surface area contributed by atoms with E-state index >= 15 is 0 Å². The first-order valence-corrected chi connectivity index (χ1v) is 21.7. The normalized spacial score (nSPS) is 13.0. The van der Waals surface area contributed by atoms with E-state index in [0.29, 0.717) is 0 Å². The molecule has 1 spiro atoms. The van der Waals surface area contributed by atoms with E-state index in [1.807, 2.05) is 0 Å². The number of ether oxygens (including phenoxy) is 1. The molecule has 1 aliphatic carbocycles. The fourth-order valence-corrected chi connectivity index (χ4v) is 10.7. The van der Waals surface area contributed by atoms with Gasteiger partial charge in [0.15, 0.2) is 0 Å². The number of benzene rings is 11. The Morgan fingerprint density at radius 1 is 0.302 bits per heavy atom. The zero-order valence-electron chi connectivity index (χ0n) is 34.4. The van der Waals surface area contributed by atoms with Crippen molar-refractivity contribution in [1.29, 1.82) is 0 Å². The summed E-state index contributed by atoms with van der Waals surface area (Å²) in [4.78, 5) is 2.41. The summed E-state index contributed by atoms with van der Waals surface area (Å²) in [5.74, 6) is 1.85. The van der Waals surface area contributed by atoms with E-state index in [9.17, 15) is 0 Å². The molecule has 0 radical (unpaired) electrons. The summed E-state index contributed by atoms with van der Waals surface area (Å²) in [6, 6.07) is 86.5. The molecule has 0 aromatic heterocycles. The summed E-state index contributed by atoms with van der Waals surface area (Å²) in [6.45, 7) is 0. The maximum atomic E-state index is 7.22. The third kappa shape index (κ3) is 5.32. The van der Waals surface area contributed by atoms with E-state index in [2.05, 4.69) is 241 Å². The Morgan fingerprint density at radius 3 is 1.56 bits per heavy atom. The Labute approximate surface area is 366 Å². The van der Waals surface area contributed by atoms with Crippen LogP contribution in [0.3, 0.4) is 0 Å². The molecule has 0 fully saturated rings. The lowest BCUT2D eigenvalue weighted by molar-refractivity contribution is 0.447. The number of nitrogens with zero attached hydrogens (tertiary/aromatic N) is 1. The largest absolute Gasteiger partial charge is 0.455 e. The van der Waals surface area contributed by atoms with Gasteiger partial charge in [0.25, 0.3) is 0 Å². The summed E-state index contributed by atoms with van der Waals surface area (Å²) in [7, 11) is 0. The van der Waals surface area contributed by atoms with E-state index < -0.39 is 5.41 Å². The van der Waals surface area contributed by atoms with Crippen molar-refractivity contribution in [1.82, 2.24) is 0 Å². The smallest absolute Gasteiger partial charge is 0.140 e. The zero-order chi connectivity index (χ0) is 41.5. The van der Waals surface area contributed by atoms with Gasteiger partial charge in [-0.05, 0) is 97.1 Å². The summed E-state index contributed by atoms with van der Waals surface area (Å²) in [6.07, 6.45) is 0. The van der Waals surface area contributed by atoms with E-state index in [1.165, 1.54) is 55.3 Å². The van der Waals surface area contributed by atoms with Crippen LogP contribution < -0.4 is 9.64 Å². The first-order chi connectivity index (χ1) is 31.2. The van der Waals surface area contributed by atoms with Gasteiger partial charge < -0.3 is 9.64 Å². The standard InChI is InChI=1S/C61H39NO/c1-2-14-40(15-3-1)41-28-33-47(34-29-41)62(58-27-13-19-42-16-4-7-22-49(42)58)48-21-12-20-45(38-48)46-30-35-53-52-25-10-11-26-54(52)61(57(53)39-46)55-36-31-43-17-5-8-23-50(43)59(55)63-60-51-24-9-6-18-44(51)32-37-56(60)61/h1-39H. The summed E-state index contributed by atoms with van der Waals surface area (Å²) >= 11 is 0. The third-order valence-electron chi connectivity index (χ3n) is 13.5. The maximum absolute atomic E-state index is 7.22. The predicted octanol–water partition coefficient (Wildman–Crippen LogP) is 16.4. The minimum Gasteiger partial charge on any atom is -0.455 e. The van der Waals surface area contributed by atoms with E-state index in [4.69, 9.17) is 4.74 Å². The molecule has 63 heavy (non-hydrogen) atoms. The van der Waals surface area contributed by atoms with E-state index in [1.54, 1.807) is 0 Å². The van der Waals surface area contributed by atoms with Crippen molar-refractivity contribution in [2.24, 2.45) is 0 Å². The predicted molar refractivity (Wildman–Crippen MR) is 262 cm³/mol. The first kappa shape index (κ1) is 35.5. The molecule has 2 heteroatoms. The molecule has 294 valence electrons. The third-order valence-corrected chi connectivity index (χ3v) is 13.5. The molecule has 0 saturated carbocycles. The molecular formula is C61H39NO. The number of hydrogen-bond donors (Lipinski definition) is 0. The quantitative estimate of drug-likeness (QED) is 0.172. The molecule has 11 aromatic carbocycles. The fraction of sp³-hybridized carbons (Fsp3) is 0.0164. The number of anilines is 3. The van der Waals surface area contributed by atoms with Crippen molar-refractivity contribution >= 4 is 49.4 Å². The van der Waals surface area contributed by atoms with Gasteiger partial charge >= 0.3 is 0 Å². The van der Waals surface area contributed by atoms with Gasteiger partial charge in [0.2, 0.25) is 0 Å². The van der Waals surface area contributed by atoms with Crippen LogP contribution >= 0.6 is 0 Å². The van der Waals surface area contributed by atoms with Crippen molar-refractivity contribution in [3.8, 4) is 44.9 Å². The molecule has 11 aromatic rings. The molecule has 0 amide bonds. The summed E-state index contributed by atoms with van der Waals surface area (Å²) in [5.41, 5.74) is 14.8. The Bertz CT molecular complexity index is 3520. The lowest BCUT2D eigenvalue weighted by Crippen LogP contribution is -2.32. The maximum Gasteiger partial charge on any atom is 0.140 e. The van der Waals surface area contributed by atoms with Gasteiger partial charge in [-0.2, -0.15) is 0 Å². The van der Waals surface area contributed by atoms with Crippen LogP contribution in [-0.2, 0) is 5.41 Å². The van der Waals surface area contributed by atoms with Crippen molar-refractivity contribution in [2.75, 3.05) is 4.90 Å². The highest BCUT2D eigenvalue weighted by Crippen LogP contribution is 2.64. The van der Waals surface area contributed by atoms with Gasteiger partial charge in [0, 0.05) is 38.7 Å². The Kier molecular flexibility index (Phi) is 7.85. The van der Waals surface area contributed by atoms with Gasteiger partial charge in [-0.15, -0.1) is 0 Å². The molecule has 1 heterocycles. The average molecular weight is 802 g/mol. The van der Waals surface area contributed by atoms with Crippen molar-refractivity contribution in [3.63, 3.8) is 0 Å². The highest BCUT2D eigenvalue weighted by Gasteiger charge is 2.52. The molecule has 1 aliphatic heterocycles. The Hall–Kier alpha value is -8.20. The number of fused-ring (bicyclic) bond motifs is 14. The van der Waals surface area contributed by atoms with Crippen LogP contribution in [-0.4, -0.2) is 0 Å². The fourth-order valence-electron chi connectivity index (χ4n) is 10.7. The van der Waals surface area contributed by atoms with Crippen molar-refractivity contribution in [2.45, 2.75) is 5.41 Å². The van der Waals surface area contributed by atoms with Gasteiger partial charge in [0.1, 0.15) is 11.5 Å². The second kappa shape index (κ2) is 13.9. The van der Waals surface area contributed by atoms with Crippen molar-refractivity contribution in [3.05, 3.63) is 259 Å². The van der Waals surface area contributed by atoms with Gasteiger partial charge in [-0.3, -0.25) is 0 Å². The lowest BCUT2D eigenvalue weighted by atomic mass is 9.65. The second-order valence-corrected chi connectivity index (χ2v) is 16.8. The molecule has 2 nitrogen and oxygen atoms in total. The Morgan fingerprint density at radius 2 is 0.825 bits per heavy atom. The molecule has 0 saturated heterocycles. The lowest BCUT2D eigenvalue weighted by Gasteiger charge is -2.40. The zero-order valence-corrected chi connectivity index (χ0v) is 34.4. The number of rotatable bonds is 5. The van der Waals surface area contributed by atoms with Crippen LogP contribution in [0.1, 0.15) is 22.3 Å². The second-order valence-electron chi connectivity index (χ2n) is 16.8. The van der Waals surface area contributed by atoms with Crippen LogP contribution in [0.15, 0.2) is 237 Å². The van der Waals surface area contributed by atoms with Crippen LogP contribution in [0.5, 0.6) is 11.5 Å². The van der Waals surface area contributed by atoms with E-state index in [-0.39, 0.29) is 0 Å². The van der Waals surface area contributed by atoms with Crippen molar-refractivity contribution < 1.29 is 4.74 Å². The Balaban J connectivity index is 1.03. The van der Waals surface area contributed by atoms with Gasteiger partial charge in [-0.1, -0.05) is 200 Å². The van der Waals surface area contributed by atoms with E-state index in [0.717, 1.165) is 61.2 Å². The molecule has 0 unspecified atom stereocenters. The number of hydrogen-bond acceptors (Lipinski definition) is 2. The van der Waals surface area contributed by atoms with Gasteiger partial charge in [0.05, 0.1) is 11.1 Å². The monoisotopic (exact) mass is 801 g/mol. The van der Waals surface area contributed by atoms with Crippen LogP contribution in [0.4, 0.5) is 17.1 Å².